The van der Waals surface area contributed by atoms with E-state index in [4.69, 9.17) is 15.2 Å². The van der Waals surface area contributed by atoms with E-state index in [9.17, 15) is 4.79 Å². The summed E-state index contributed by atoms with van der Waals surface area (Å²) in [6, 6.07) is -0.146. The molecule has 0 rings (SSSR count). The number of hydrogen-bond acceptors (Lipinski definition) is 4. The number of hydrogen-bond donors (Lipinski definition) is 1. The summed E-state index contributed by atoms with van der Waals surface area (Å²) in [5.41, 5.74) is 4.80. The first-order chi connectivity index (χ1) is 7.08. The molecule has 0 amide bonds. The van der Waals surface area contributed by atoms with Crippen LogP contribution in [0.25, 0.3) is 0 Å². The molecule has 4 heteroatoms. The highest BCUT2D eigenvalue weighted by atomic mass is 16.6. The monoisotopic (exact) mass is 231 g/mol. The van der Waals surface area contributed by atoms with Crippen molar-refractivity contribution >= 4 is 5.97 Å². The van der Waals surface area contributed by atoms with Gasteiger partial charge in [0, 0.05) is 13.2 Å². The van der Waals surface area contributed by atoms with Crippen LogP contribution in [0.4, 0.5) is 0 Å². The molecule has 0 aromatic rings. The molecule has 0 radical (unpaired) electrons. The second-order valence-corrected chi connectivity index (χ2v) is 5.81. The molecule has 0 heterocycles. The average molecular weight is 231 g/mol. The molecular weight excluding hydrogens is 206 g/mol. The molecule has 1 atom stereocenters. The molecule has 0 bridgehead atoms. The molecule has 0 spiro atoms. The number of nitrogens with two attached hydrogens (primary N) is 1. The molecule has 16 heavy (non-hydrogen) atoms. The van der Waals surface area contributed by atoms with Crippen molar-refractivity contribution < 1.29 is 14.3 Å². The summed E-state index contributed by atoms with van der Waals surface area (Å²) in [5, 5.41) is 0. The van der Waals surface area contributed by atoms with Crippen LogP contribution in [-0.2, 0) is 14.3 Å². The Kier molecular flexibility index (Phi) is 5.42. The van der Waals surface area contributed by atoms with Gasteiger partial charge in [0.1, 0.15) is 5.60 Å². The van der Waals surface area contributed by atoms with Crippen molar-refractivity contribution in [3.05, 3.63) is 0 Å². The minimum absolute atomic E-state index is 0.146. The Balaban J connectivity index is 4.36. The first-order valence-electron chi connectivity index (χ1n) is 5.56. The average Bonchev–Trinajstić information content (AvgIpc) is 1.99. The normalized spacial score (nSPS) is 14.7. The van der Waals surface area contributed by atoms with Gasteiger partial charge in [0.25, 0.3) is 0 Å². The van der Waals surface area contributed by atoms with Gasteiger partial charge in [0.05, 0.1) is 12.0 Å². The third-order valence-electron chi connectivity index (χ3n) is 2.10. The summed E-state index contributed by atoms with van der Waals surface area (Å²) < 4.78 is 10.3. The van der Waals surface area contributed by atoms with E-state index < -0.39 is 11.0 Å². The predicted molar refractivity (Wildman–Crippen MR) is 64.1 cm³/mol. The summed E-state index contributed by atoms with van der Waals surface area (Å²) in [4.78, 5) is 11.9. The van der Waals surface area contributed by atoms with Crippen molar-refractivity contribution in [1.29, 1.82) is 0 Å². The molecule has 2 N–H and O–H groups in total. The number of carbonyl (C=O) groups excluding carboxylic acids is 1. The lowest BCUT2D eigenvalue weighted by molar-refractivity contribution is -0.166. The molecule has 4 nitrogen and oxygen atoms in total. The van der Waals surface area contributed by atoms with Crippen LogP contribution < -0.4 is 5.73 Å². The van der Waals surface area contributed by atoms with Gasteiger partial charge in [-0.25, -0.2) is 0 Å². The standard InChI is InChI=1S/C12H25NO3/c1-11(2,3)16-10(14)12(4,5)7-9(13)8-15-6/h9H,7-8,13H2,1-6H3. The lowest BCUT2D eigenvalue weighted by Gasteiger charge is -2.30. The van der Waals surface area contributed by atoms with E-state index in [0.29, 0.717) is 13.0 Å². The fraction of sp³-hybridized carbons (Fsp3) is 0.917. The summed E-state index contributed by atoms with van der Waals surface area (Å²) in [6.45, 7) is 9.71. The third-order valence-corrected chi connectivity index (χ3v) is 2.10. The Morgan fingerprint density at radius 3 is 2.12 bits per heavy atom. The zero-order chi connectivity index (χ0) is 13.0. The van der Waals surface area contributed by atoms with Crippen LogP contribution in [0, 0.1) is 5.41 Å². The molecule has 96 valence electrons. The fourth-order valence-electron chi connectivity index (χ4n) is 1.43. The second kappa shape index (κ2) is 5.64. The number of carbonyl (C=O) groups is 1. The number of methoxy groups -OCH3 is 1. The van der Waals surface area contributed by atoms with E-state index in [1.165, 1.54) is 0 Å². The molecule has 0 saturated carbocycles. The zero-order valence-electron chi connectivity index (χ0n) is 11.3. The van der Waals surface area contributed by atoms with Gasteiger partial charge < -0.3 is 15.2 Å². The van der Waals surface area contributed by atoms with Crippen LogP contribution in [0.1, 0.15) is 41.0 Å². The van der Waals surface area contributed by atoms with Gasteiger partial charge in [-0.05, 0) is 41.0 Å². The number of ether oxygens (including phenoxy) is 2. The highest BCUT2D eigenvalue weighted by molar-refractivity contribution is 5.76. The van der Waals surface area contributed by atoms with Crippen molar-refractivity contribution in [3.63, 3.8) is 0 Å². The molecule has 0 fully saturated rings. The van der Waals surface area contributed by atoms with Crippen molar-refractivity contribution in [3.8, 4) is 0 Å². The molecule has 0 aliphatic rings. The molecular formula is C12H25NO3. The van der Waals surface area contributed by atoms with Crippen LogP contribution in [0.5, 0.6) is 0 Å². The second-order valence-electron chi connectivity index (χ2n) is 5.81. The molecule has 0 aliphatic carbocycles. The maximum Gasteiger partial charge on any atom is 0.312 e. The van der Waals surface area contributed by atoms with Gasteiger partial charge >= 0.3 is 5.97 Å². The zero-order valence-corrected chi connectivity index (χ0v) is 11.3. The Morgan fingerprint density at radius 1 is 1.25 bits per heavy atom. The van der Waals surface area contributed by atoms with Gasteiger partial charge in [-0.1, -0.05) is 0 Å². The van der Waals surface area contributed by atoms with Crippen LogP contribution in [0.2, 0.25) is 0 Å². The highest BCUT2D eigenvalue weighted by Gasteiger charge is 2.33. The van der Waals surface area contributed by atoms with Gasteiger partial charge in [0.2, 0.25) is 0 Å². The maximum absolute atomic E-state index is 11.9. The van der Waals surface area contributed by atoms with E-state index in [0.717, 1.165) is 0 Å². The summed E-state index contributed by atoms with van der Waals surface area (Å²) >= 11 is 0. The summed E-state index contributed by atoms with van der Waals surface area (Å²) in [5.74, 6) is -0.216. The third kappa shape index (κ3) is 6.08. The number of rotatable bonds is 5. The SMILES string of the molecule is COCC(N)CC(C)(C)C(=O)OC(C)(C)C. The smallest absolute Gasteiger partial charge is 0.312 e. The van der Waals surface area contributed by atoms with E-state index >= 15 is 0 Å². The maximum atomic E-state index is 11.9. The molecule has 1 unspecified atom stereocenters. The Bertz CT molecular complexity index is 231. The highest BCUT2D eigenvalue weighted by Crippen LogP contribution is 2.26. The van der Waals surface area contributed by atoms with Crippen molar-refractivity contribution in [1.82, 2.24) is 0 Å². The van der Waals surface area contributed by atoms with E-state index in [-0.39, 0.29) is 12.0 Å². The van der Waals surface area contributed by atoms with Gasteiger partial charge in [-0.15, -0.1) is 0 Å². The van der Waals surface area contributed by atoms with Crippen molar-refractivity contribution in [2.24, 2.45) is 11.1 Å². The minimum Gasteiger partial charge on any atom is -0.460 e. The van der Waals surface area contributed by atoms with Crippen LogP contribution in [0.3, 0.4) is 0 Å². The van der Waals surface area contributed by atoms with E-state index in [2.05, 4.69) is 0 Å². The summed E-state index contributed by atoms with van der Waals surface area (Å²) in [7, 11) is 1.60. The number of esters is 1. The first-order valence-corrected chi connectivity index (χ1v) is 5.56. The lowest BCUT2D eigenvalue weighted by Crippen LogP contribution is -2.39. The minimum atomic E-state index is -0.578. The molecule has 0 aromatic carbocycles. The summed E-state index contributed by atoms with van der Waals surface area (Å²) in [6.07, 6.45) is 0.551. The van der Waals surface area contributed by atoms with Crippen LogP contribution in [-0.4, -0.2) is 31.3 Å². The fourth-order valence-corrected chi connectivity index (χ4v) is 1.43. The first kappa shape index (κ1) is 15.4. The Labute approximate surface area is 98.5 Å². The van der Waals surface area contributed by atoms with Crippen molar-refractivity contribution in [2.75, 3.05) is 13.7 Å². The van der Waals surface area contributed by atoms with Crippen LogP contribution >= 0.6 is 0 Å². The van der Waals surface area contributed by atoms with Gasteiger partial charge in [0.15, 0.2) is 0 Å². The Morgan fingerprint density at radius 2 is 1.75 bits per heavy atom. The topological polar surface area (TPSA) is 61.5 Å². The Hall–Kier alpha value is -0.610. The van der Waals surface area contributed by atoms with Gasteiger partial charge in [-0.2, -0.15) is 0 Å². The molecule has 0 saturated heterocycles. The molecule has 0 aromatic heterocycles. The molecule has 0 aliphatic heterocycles. The van der Waals surface area contributed by atoms with E-state index in [1.807, 2.05) is 34.6 Å². The largest absolute Gasteiger partial charge is 0.460 e. The van der Waals surface area contributed by atoms with Gasteiger partial charge in [-0.3, -0.25) is 4.79 Å². The van der Waals surface area contributed by atoms with Crippen LogP contribution in [0.15, 0.2) is 0 Å². The lowest BCUT2D eigenvalue weighted by atomic mass is 9.86. The predicted octanol–water partition coefficient (Wildman–Crippen LogP) is 1.72. The van der Waals surface area contributed by atoms with Crippen molar-refractivity contribution in [2.45, 2.75) is 52.7 Å². The van der Waals surface area contributed by atoms with E-state index in [1.54, 1.807) is 7.11 Å². The quantitative estimate of drug-likeness (QED) is 0.732.